The van der Waals surface area contributed by atoms with E-state index in [0.29, 0.717) is 18.8 Å². The van der Waals surface area contributed by atoms with E-state index in [1.54, 1.807) is 30.5 Å². The Morgan fingerprint density at radius 3 is 2.73 bits per heavy atom. The molecule has 1 amide bonds. The zero-order valence-corrected chi connectivity index (χ0v) is 12.6. The number of pyridine rings is 1. The van der Waals surface area contributed by atoms with E-state index >= 15 is 0 Å². The van der Waals surface area contributed by atoms with Crippen molar-refractivity contribution in [1.29, 1.82) is 0 Å². The van der Waals surface area contributed by atoms with Crippen molar-refractivity contribution in [2.45, 2.75) is 26.3 Å². The number of hydrogen-bond donors (Lipinski definition) is 2. The first kappa shape index (κ1) is 15.9. The largest absolute Gasteiger partial charge is 0.381 e. The third-order valence-corrected chi connectivity index (χ3v) is 3.22. The topological polar surface area (TPSA) is 54.0 Å². The molecule has 0 aliphatic heterocycles. The van der Waals surface area contributed by atoms with E-state index < -0.39 is 0 Å². The van der Waals surface area contributed by atoms with Crippen LogP contribution in [0.3, 0.4) is 0 Å². The second-order valence-corrected chi connectivity index (χ2v) is 5.02. The number of amides is 1. The summed E-state index contributed by atoms with van der Waals surface area (Å²) in [6, 6.07) is 9.81. The lowest BCUT2D eigenvalue weighted by atomic mass is 10.2. The Hall–Kier alpha value is -2.43. The molecule has 1 aromatic heterocycles. The fourth-order valence-corrected chi connectivity index (χ4v) is 1.94. The van der Waals surface area contributed by atoms with Gasteiger partial charge in [-0.1, -0.05) is 25.5 Å². The van der Waals surface area contributed by atoms with Gasteiger partial charge in [0, 0.05) is 25.0 Å². The lowest BCUT2D eigenvalue weighted by Crippen LogP contribution is -2.25. The number of rotatable bonds is 7. The normalized spacial score (nSPS) is 10.3. The Bertz CT molecular complexity index is 614. The minimum Gasteiger partial charge on any atom is -0.381 e. The number of benzene rings is 1. The quantitative estimate of drug-likeness (QED) is 0.771. The highest BCUT2D eigenvalue weighted by atomic mass is 19.1. The van der Waals surface area contributed by atoms with Crippen molar-refractivity contribution in [3.05, 3.63) is 59.7 Å². The molecule has 2 N–H and O–H groups in total. The highest BCUT2D eigenvalue weighted by Crippen LogP contribution is 2.11. The molecule has 2 rings (SSSR count). The molecule has 0 saturated carbocycles. The number of nitrogens with zero attached hydrogens (tertiary/aromatic N) is 1. The van der Waals surface area contributed by atoms with Crippen LogP contribution in [-0.4, -0.2) is 17.4 Å². The van der Waals surface area contributed by atoms with Gasteiger partial charge in [0.2, 0.25) is 0 Å². The zero-order valence-electron chi connectivity index (χ0n) is 12.6. The summed E-state index contributed by atoms with van der Waals surface area (Å²) in [6.45, 7) is 3.29. The summed E-state index contributed by atoms with van der Waals surface area (Å²) in [5.41, 5.74) is 2.16. The van der Waals surface area contributed by atoms with E-state index in [9.17, 15) is 9.18 Å². The highest BCUT2D eigenvalue weighted by molar-refractivity contribution is 5.93. The standard InChI is InChI=1S/C17H20FN3O/c1-2-3-9-20-17(22)16-11-15(8-10-19-16)21-12-13-4-6-14(18)7-5-13/h4-8,10-11H,2-3,9,12H2,1H3,(H,19,21)(H,20,22). The summed E-state index contributed by atoms with van der Waals surface area (Å²) < 4.78 is 12.8. The molecule has 0 saturated heterocycles. The maximum Gasteiger partial charge on any atom is 0.269 e. The number of aromatic nitrogens is 1. The molecule has 0 fully saturated rings. The molecule has 0 spiro atoms. The number of unbranched alkanes of at least 4 members (excludes halogenated alkanes) is 1. The molecule has 22 heavy (non-hydrogen) atoms. The third-order valence-electron chi connectivity index (χ3n) is 3.22. The van der Waals surface area contributed by atoms with Gasteiger partial charge in [-0.3, -0.25) is 9.78 Å². The van der Waals surface area contributed by atoms with Crippen molar-refractivity contribution in [3.63, 3.8) is 0 Å². The van der Waals surface area contributed by atoms with Crippen LogP contribution in [-0.2, 0) is 6.54 Å². The molecule has 2 aromatic rings. The summed E-state index contributed by atoms with van der Waals surface area (Å²) in [4.78, 5) is 16.0. The zero-order chi connectivity index (χ0) is 15.8. The molecule has 0 aliphatic rings. The average Bonchev–Trinajstić information content (AvgIpc) is 2.55. The third kappa shape index (κ3) is 4.84. The van der Waals surface area contributed by atoms with E-state index in [-0.39, 0.29) is 11.7 Å². The number of halogens is 1. The molecule has 1 heterocycles. The van der Waals surface area contributed by atoms with Crippen LogP contribution in [0.5, 0.6) is 0 Å². The van der Waals surface area contributed by atoms with Gasteiger partial charge in [0.05, 0.1) is 0 Å². The first-order valence-corrected chi connectivity index (χ1v) is 7.41. The lowest BCUT2D eigenvalue weighted by Gasteiger charge is -2.08. The SMILES string of the molecule is CCCCNC(=O)c1cc(NCc2ccc(F)cc2)ccn1. The van der Waals surface area contributed by atoms with Crippen LogP contribution in [0, 0.1) is 5.82 Å². The summed E-state index contributed by atoms with van der Waals surface area (Å²) in [5.74, 6) is -0.419. The van der Waals surface area contributed by atoms with Gasteiger partial charge in [0.25, 0.3) is 5.91 Å². The second kappa shape index (κ2) is 8.12. The van der Waals surface area contributed by atoms with Gasteiger partial charge in [0.15, 0.2) is 0 Å². The van der Waals surface area contributed by atoms with E-state index in [1.165, 1.54) is 12.1 Å². The molecule has 0 radical (unpaired) electrons. The highest BCUT2D eigenvalue weighted by Gasteiger charge is 2.07. The summed E-state index contributed by atoms with van der Waals surface area (Å²) in [6.07, 6.45) is 3.59. The van der Waals surface area contributed by atoms with Gasteiger partial charge in [-0.15, -0.1) is 0 Å². The summed E-state index contributed by atoms with van der Waals surface area (Å²) >= 11 is 0. The minimum atomic E-state index is -0.251. The van der Waals surface area contributed by atoms with Gasteiger partial charge < -0.3 is 10.6 Å². The molecule has 116 valence electrons. The Kier molecular flexibility index (Phi) is 5.89. The van der Waals surface area contributed by atoms with Gasteiger partial charge in [-0.2, -0.15) is 0 Å². The monoisotopic (exact) mass is 301 g/mol. The first-order chi connectivity index (χ1) is 10.7. The second-order valence-electron chi connectivity index (χ2n) is 5.02. The summed E-state index contributed by atoms with van der Waals surface area (Å²) in [7, 11) is 0. The van der Waals surface area contributed by atoms with E-state index in [2.05, 4.69) is 22.5 Å². The fourth-order valence-electron chi connectivity index (χ4n) is 1.94. The van der Waals surface area contributed by atoms with E-state index in [1.807, 2.05) is 0 Å². The van der Waals surface area contributed by atoms with Gasteiger partial charge in [0.1, 0.15) is 11.5 Å². The predicted molar refractivity (Wildman–Crippen MR) is 85.2 cm³/mol. The van der Waals surface area contributed by atoms with Crippen LogP contribution in [0.2, 0.25) is 0 Å². The van der Waals surface area contributed by atoms with Crippen molar-refractivity contribution in [2.24, 2.45) is 0 Å². The van der Waals surface area contributed by atoms with Gasteiger partial charge >= 0.3 is 0 Å². The molecule has 4 nitrogen and oxygen atoms in total. The van der Waals surface area contributed by atoms with Crippen molar-refractivity contribution in [3.8, 4) is 0 Å². The van der Waals surface area contributed by atoms with Crippen molar-refractivity contribution >= 4 is 11.6 Å². The number of nitrogens with one attached hydrogen (secondary N) is 2. The van der Waals surface area contributed by atoms with Crippen LogP contribution in [0.25, 0.3) is 0 Å². The molecule has 0 unspecified atom stereocenters. The molecule has 0 aliphatic carbocycles. The average molecular weight is 301 g/mol. The fraction of sp³-hybridized carbons (Fsp3) is 0.294. The molecular weight excluding hydrogens is 281 g/mol. The minimum absolute atomic E-state index is 0.168. The Morgan fingerprint density at radius 1 is 1.23 bits per heavy atom. The number of anilines is 1. The van der Waals surface area contributed by atoms with Crippen LogP contribution < -0.4 is 10.6 Å². The molecular formula is C17H20FN3O. The van der Waals surface area contributed by atoms with E-state index in [4.69, 9.17) is 0 Å². The van der Waals surface area contributed by atoms with Crippen molar-refractivity contribution < 1.29 is 9.18 Å². The van der Waals surface area contributed by atoms with Gasteiger partial charge in [-0.25, -0.2) is 4.39 Å². The van der Waals surface area contributed by atoms with Crippen LogP contribution in [0.4, 0.5) is 10.1 Å². The Morgan fingerprint density at radius 2 is 2.00 bits per heavy atom. The number of carbonyl (C=O) groups excluding carboxylic acids is 1. The number of hydrogen-bond acceptors (Lipinski definition) is 3. The molecule has 0 bridgehead atoms. The van der Waals surface area contributed by atoms with Crippen LogP contribution >= 0.6 is 0 Å². The smallest absolute Gasteiger partial charge is 0.269 e. The number of carbonyl (C=O) groups is 1. The Labute approximate surface area is 129 Å². The van der Waals surface area contributed by atoms with Crippen molar-refractivity contribution in [2.75, 3.05) is 11.9 Å². The predicted octanol–water partition coefficient (Wildman–Crippen LogP) is 3.36. The van der Waals surface area contributed by atoms with E-state index in [0.717, 1.165) is 24.1 Å². The molecule has 5 heteroatoms. The van der Waals surface area contributed by atoms with Crippen LogP contribution in [0.15, 0.2) is 42.6 Å². The first-order valence-electron chi connectivity index (χ1n) is 7.41. The lowest BCUT2D eigenvalue weighted by molar-refractivity contribution is 0.0948. The molecule has 1 aromatic carbocycles. The van der Waals surface area contributed by atoms with Crippen molar-refractivity contribution in [1.82, 2.24) is 10.3 Å². The summed E-state index contributed by atoms with van der Waals surface area (Å²) in [5, 5.41) is 6.04. The molecule has 0 atom stereocenters. The Balaban J connectivity index is 1.93. The maximum absolute atomic E-state index is 12.8. The maximum atomic E-state index is 12.8. The van der Waals surface area contributed by atoms with Gasteiger partial charge in [-0.05, 0) is 36.2 Å². The van der Waals surface area contributed by atoms with Crippen LogP contribution in [0.1, 0.15) is 35.8 Å².